The molecule has 8 nitrogen and oxygen atoms in total. The van der Waals surface area contributed by atoms with Gasteiger partial charge in [0, 0.05) is 12.4 Å². The number of benzene rings is 2. The molecule has 0 saturated carbocycles. The van der Waals surface area contributed by atoms with E-state index in [1.165, 1.54) is 11.3 Å². The average molecular weight is 476 g/mol. The van der Waals surface area contributed by atoms with Crippen molar-refractivity contribution in [1.82, 2.24) is 24.5 Å². The van der Waals surface area contributed by atoms with E-state index >= 15 is 0 Å². The van der Waals surface area contributed by atoms with E-state index in [9.17, 15) is 4.79 Å². The molecule has 33 heavy (non-hydrogen) atoms. The number of nitrogens with one attached hydrogen (secondary N) is 1. The summed E-state index contributed by atoms with van der Waals surface area (Å²) in [5, 5.41) is 4.10. The molecule has 0 saturated heterocycles. The molecule has 0 amide bonds. The van der Waals surface area contributed by atoms with Crippen LogP contribution in [0.4, 0.5) is 11.8 Å². The number of halogens is 1. The summed E-state index contributed by atoms with van der Waals surface area (Å²) in [5.74, 6) is 1.17. The summed E-state index contributed by atoms with van der Waals surface area (Å²) in [5.41, 5.74) is 9.33. The molecule has 0 aliphatic carbocycles. The molecule has 3 N–H and O–H groups in total. The van der Waals surface area contributed by atoms with Crippen molar-refractivity contribution in [3.63, 3.8) is 0 Å². The van der Waals surface area contributed by atoms with E-state index in [0.29, 0.717) is 33.3 Å². The fraction of sp³-hybridized carbons (Fsp3) is 0.0870. The van der Waals surface area contributed by atoms with Crippen LogP contribution in [0.25, 0.3) is 27.0 Å². The van der Waals surface area contributed by atoms with Gasteiger partial charge in [0.2, 0.25) is 5.95 Å². The van der Waals surface area contributed by atoms with E-state index in [0.717, 1.165) is 10.4 Å². The zero-order valence-electron chi connectivity index (χ0n) is 17.4. The van der Waals surface area contributed by atoms with Crippen LogP contribution in [-0.4, -0.2) is 24.5 Å². The quantitative estimate of drug-likeness (QED) is 0.378. The first-order chi connectivity index (χ1) is 16.0. The molecule has 10 heteroatoms. The Hall–Kier alpha value is -3.82. The molecule has 3 aromatic heterocycles. The molecule has 0 radical (unpaired) electrons. The second-order valence-corrected chi connectivity index (χ2v) is 8.60. The number of rotatable bonds is 5. The second-order valence-electron chi connectivity index (χ2n) is 7.30. The van der Waals surface area contributed by atoms with Crippen LogP contribution >= 0.6 is 22.9 Å². The predicted octanol–water partition coefficient (Wildman–Crippen LogP) is 4.71. The molecule has 5 rings (SSSR count). The Kier molecular flexibility index (Phi) is 5.49. The van der Waals surface area contributed by atoms with E-state index in [1.54, 1.807) is 40.7 Å². The van der Waals surface area contributed by atoms with E-state index in [-0.39, 0.29) is 11.5 Å². The van der Waals surface area contributed by atoms with Gasteiger partial charge in [-0.3, -0.25) is 14.3 Å². The third-order valence-corrected chi connectivity index (χ3v) is 6.25. The number of hydrogen-bond donors (Lipinski definition) is 2. The lowest BCUT2D eigenvalue weighted by Crippen LogP contribution is -2.27. The fourth-order valence-corrected chi connectivity index (χ4v) is 4.51. The highest BCUT2D eigenvalue weighted by atomic mass is 35.5. The summed E-state index contributed by atoms with van der Waals surface area (Å²) >= 11 is 7.84. The van der Waals surface area contributed by atoms with Crippen molar-refractivity contribution in [3.05, 3.63) is 87.6 Å². The van der Waals surface area contributed by atoms with Gasteiger partial charge in [-0.05, 0) is 31.2 Å². The molecule has 2 aromatic carbocycles. The highest BCUT2D eigenvalue weighted by Gasteiger charge is 2.21. The van der Waals surface area contributed by atoms with Crippen molar-refractivity contribution in [2.45, 2.75) is 13.0 Å². The molecule has 0 unspecified atom stereocenters. The van der Waals surface area contributed by atoms with E-state index in [4.69, 9.17) is 22.3 Å². The van der Waals surface area contributed by atoms with Gasteiger partial charge < -0.3 is 11.1 Å². The third-order valence-electron chi connectivity index (χ3n) is 5.13. The molecule has 5 aromatic rings. The highest BCUT2D eigenvalue weighted by molar-refractivity contribution is 7.13. The highest BCUT2D eigenvalue weighted by Crippen LogP contribution is 2.32. The molecule has 0 aliphatic rings. The van der Waals surface area contributed by atoms with E-state index in [1.807, 2.05) is 37.3 Å². The van der Waals surface area contributed by atoms with Crippen LogP contribution in [0.1, 0.15) is 18.8 Å². The van der Waals surface area contributed by atoms with Crippen LogP contribution in [0.2, 0.25) is 5.02 Å². The van der Waals surface area contributed by atoms with Crippen LogP contribution < -0.4 is 16.6 Å². The average Bonchev–Trinajstić information content (AvgIpc) is 3.34. The zero-order chi connectivity index (χ0) is 22.9. The SMILES string of the molecule is C[C@@H](Nc1nc(N)ncc1-c1cncs1)c1nc2cccc(Cl)c2c(=O)n1-c1ccccc1. The first-order valence-corrected chi connectivity index (χ1v) is 11.3. The number of anilines is 2. The topological polar surface area (TPSA) is 112 Å². The molecular formula is C23H18ClN7OS. The molecular weight excluding hydrogens is 458 g/mol. The Morgan fingerprint density at radius 3 is 2.67 bits per heavy atom. The van der Waals surface area contributed by atoms with E-state index < -0.39 is 6.04 Å². The van der Waals surface area contributed by atoms with Crippen LogP contribution in [-0.2, 0) is 0 Å². The Morgan fingerprint density at radius 1 is 1.09 bits per heavy atom. The third kappa shape index (κ3) is 3.92. The molecule has 1 atom stereocenters. The molecule has 3 heterocycles. The second kappa shape index (κ2) is 8.61. The largest absolute Gasteiger partial charge is 0.368 e. The van der Waals surface area contributed by atoms with Crippen molar-refractivity contribution in [3.8, 4) is 16.1 Å². The van der Waals surface area contributed by atoms with Crippen LogP contribution in [0.15, 0.2) is 71.2 Å². The van der Waals surface area contributed by atoms with Gasteiger partial charge in [0.05, 0.1) is 43.6 Å². The summed E-state index contributed by atoms with van der Waals surface area (Å²) in [6, 6.07) is 14.2. The molecule has 164 valence electrons. The molecule has 0 bridgehead atoms. The minimum atomic E-state index is -0.415. The van der Waals surface area contributed by atoms with Crippen LogP contribution in [0.5, 0.6) is 0 Å². The lowest BCUT2D eigenvalue weighted by molar-refractivity contribution is 0.731. The monoisotopic (exact) mass is 475 g/mol. The Balaban J connectivity index is 1.68. The summed E-state index contributed by atoms with van der Waals surface area (Å²) < 4.78 is 1.57. The number of nitrogen functional groups attached to an aromatic ring is 1. The van der Waals surface area contributed by atoms with Crippen LogP contribution in [0, 0.1) is 0 Å². The Bertz CT molecular complexity index is 1500. The van der Waals surface area contributed by atoms with Crippen molar-refractivity contribution >= 4 is 45.6 Å². The van der Waals surface area contributed by atoms with Crippen molar-refractivity contribution in [2.75, 3.05) is 11.1 Å². The molecule has 0 aliphatic heterocycles. The number of fused-ring (bicyclic) bond motifs is 1. The Morgan fingerprint density at radius 2 is 1.91 bits per heavy atom. The molecule has 0 fully saturated rings. The Labute approximate surface area is 197 Å². The zero-order valence-corrected chi connectivity index (χ0v) is 19.0. The minimum absolute atomic E-state index is 0.136. The summed E-state index contributed by atoms with van der Waals surface area (Å²) in [7, 11) is 0. The summed E-state index contributed by atoms with van der Waals surface area (Å²) in [4.78, 5) is 32.0. The maximum atomic E-state index is 13.6. The smallest absolute Gasteiger partial charge is 0.267 e. The van der Waals surface area contributed by atoms with Gasteiger partial charge in [0.25, 0.3) is 5.56 Å². The number of thiazole rings is 1. The van der Waals surface area contributed by atoms with E-state index in [2.05, 4.69) is 20.3 Å². The van der Waals surface area contributed by atoms with Gasteiger partial charge in [-0.2, -0.15) is 4.98 Å². The maximum absolute atomic E-state index is 13.6. The van der Waals surface area contributed by atoms with Crippen molar-refractivity contribution in [2.24, 2.45) is 0 Å². The standard InChI is InChI=1S/C23H18ClN7OS/c1-13(28-20-15(10-27-23(25)30-20)18-11-26-12-33-18)21-29-17-9-5-8-16(24)19(17)22(32)31(21)14-6-3-2-4-7-14/h2-13H,1H3,(H3,25,27,28,30)/t13-/m1/s1. The lowest BCUT2D eigenvalue weighted by Gasteiger charge is -2.21. The lowest BCUT2D eigenvalue weighted by atomic mass is 10.2. The predicted molar refractivity (Wildman–Crippen MR) is 132 cm³/mol. The summed E-state index contributed by atoms with van der Waals surface area (Å²) in [6.07, 6.45) is 3.40. The van der Waals surface area contributed by atoms with Gasteiger partial charge in [-0.1, -0.05) is 35.9 Å². The normalized spacial score (nSPS) is 12.1. The number of aromatic nitrogens is 5. The van der Waals surface area contributed by atoms with Crippen LogP contribution in [0.3, 0.4) is 0 Å². The number of para-hydroxylation sites is 1. The van der Waals surface area contributed by atoms with Gasteiger partial charge >= 0.3 is 0 Å². The number of hydrogen-bond acceptors (Lipinski definition) is 8. The number of nitrogens with zero attached hydrogens (tertiary/aromatic N) is 5. The fourth-order valence-electron chi connectivity index (χ4n) is 3.63. The van der Waals surface area contributed by atoms with Crippen molar-refractivity contribution < 1.29 is 0 Å². The minimum Gasteiger partial charge on any atom is -0.368 e. The van der Waals surface area contributed by atoms with Crippen molar-refractivity contribution in [1.29, 1.82) is 0 Å². The van der Waals surface area contributed by atoms with Gasteiger partial charge in [0.1, 0.15) is 11.6 Å². The van der Waals surface area contributed by atoms with Gasteiger partial charge in [-0.25, -0.2) is 9.97 Å². The summed E-state index contributed by atoms with van der Waals surface area (Å²) in [6.45, 7) is 1.91. The van der Waals surface area contributed by atoms with Gasteiger partial charge in [-0.15, -0.1) is 11.3 Å². The first kappa shape index (κ1) is 21.0. The first-order valence-electron chi connectivity index (χ1n) is 10.1. The maximum Gasteiger partial charge on any atom is 0.267 e. The number of nitrogens with two attached hydrogens (primary N) is 1. The van der Waals surface area contributed by atoms with Gasteiger partial charge in [0.15, 0.2) is 0 Å². The molecule has 0 spiro atoms.